The summed E-state index contributed by atoms with van der Waals surface area (Å²) in [5.74, 6) is -3.40. The number of pyridine rings is 1. The van der Waals surface area contributed by atoms with Gasteiger partial charge in [0.15, 0.2) is 0 Å². The largest absolute Gasteiger partial charge is 0.508 e. The minimum atomic E-state index is -1.05. The van der Waals surface area contributed by atoms with Crippen LogP contribution in [0.3, 0.4) is 0 Å². The normalized spacial score (nSPS) is 19.1. The molecule has 1 fully saturated rings. The standard InChI is InChI=1S/C20H21N3O5/c1-12-5-6-16(9-21-12)22-18(25)14-7-15(20(27)28)11-23(10-14)19(26)13-3-2-4-17(24)8-13/h2-6,8-9,14-15,24H,7,10-11H2,1H3,(H,22,25)(H,27,28)/t14-,15+/m0/s1. The first-order chi connectivity index (χ1) is 13.3. The maximum Gasteiger partial charge on any atom is 0.308 e. The number of aromatic nitrogens is 1. The van der Waals surface area contributed by atoms with E-state index in [2.05, 4.69) is 10.3 Å². The van der Waals surface area contributed by atoms with Crippen molar-refractivity contribution in [2.24, 2.45) is 11.8 Å². The molecule has 3 rings (SSSR count). The number of benzene rings is 1. The number of nitrogens with zero attached hydrogens (tertiary/aromatic N) is 2. The molecule has 1 aromatic heterocycles. The van der Waals surface area contributed by atoms with Gasteiger partial charge in [-0.05, 0) is 43.7 Å². The molecule has 0 bridgehead atoms. The van der Waals surface area contributed by atoms with Crippen LogP contribution in [0, 0.1) is 18.8 Å². The van der Waals surface area contributed by atoms with Crippen LogP contribution in [0.1, 0.15) is 22.5 Å². The average Bonchev–Trinajstić information content (AvgIpc) is 2.68. The van der Waals surface area contributed by atoms with E-state index in [0.29, 0.717) is 5.69 Å². The molecule has 1 aliphatic rings. The summed E-state index contributed by atoms with van der Waals surface area (Å²) in [6.07, 6.45) is 1.67. The van der Waals surface area contributed by atoms with Gasteiger partial charge >= 0.3 is 5.97 Å². The van der Waals surface area contributed by atoms with E-state index >= 15 is 0 Å². The molecule has 8 heteroatoms. The van der Waals surface area contributed by atoms with Gasteiger partial charge < -0.3 is 20.4 Å². The van der Waals surface area contributed by atoms with Crippen molar-refractivity contribution in [3.05, 3.63) is 53.9 Å². The lowest BCUT2D eigenvalue weighted by atomic mass is 9.88. The van der Waals surface area contributed by atoms with Gasteiger partial charge in [0.05, 0.1) is 23.7 Å². The lowest BCUT2D eigenvalue weighted by Gasteiger charge is -2.35. The third-order valence-electron chi connectivity index (χ3n) is 4.73. The fraction of sp³-hybridized carbons (Fsp3) is 0.300. The van der Waals surface area contributed by atoms with Gasteiger partial charge in [0.1, 0.15) is 5.75 Å². The number of hydrogen-bond acceptors (Lipinski definition) is 5. The number of carbonyl (C=O) groups excluding carboxylic acids is 2. The molecule has 2 atom stereocenters. The van der Waals surface area contributed by atoms with E-state index in [-0.39, 0.29) is 36.7 Å². The molecule has 1 aromatic carbocycles. The topological polar surface area (TPSA) is 120 Å². The highest BCUT2D eigenvalue weighted by molar-refractivity contribution is 5.97. The number of carboxylic acid groups (broad SMARTS) is 1. The highest BCUT2D eigenvalue weighted by Crippen LogP contribution is 2.26. The summed E-state index contributed by atoms with van der Waals surface area (Å²) in [6.45, 7) is 1.94. The van der Waals surface area contributed by atoms with Crippen LogP contribution in [0.5, 0.6) is 5.75 Å². The lowest BCUT2D eigenvalue weighted by molar-refractivity contribution is -0.144. The number of aromatic hydroxyl groups is 1. The smallest absolute Gasteiger partial charge is 0.308 e. The number of amides is 2. The number of phenols is 1. The number of hydrogen-bond donors (Lipinski definition) is 3. The molecule has 0 unspecified atom stereocenters. The molecule has 1 saturated heterocycles. The van der Waals surface area contributed by atoms with Gasteiger partial charge in [0, 0.05) is 24.3 Å². The minimum absolute atomic E-state index is 0.0136. The van der Waals surface area contributed by atoms with Crippen LogP contribution >= 0.6 is 0 Å². The molecule has 0 radical (unpaired) electrons. The van der Waals surface area contributed by atoms with Gasteiger partial charge in [-0.15, -0.1) is 0 Å². The molecule has 1 aliphatic heterocycles. The number of rotatable bonds is 4. The Morgan fingerprint density at radius 2 is 1.89 bits per heavy atom. The van der Waals surface area contributed by atoms with Crippen LogP contribution in [0.2, 0.25) is 0 Å². The molecular weight excluding hydrogens is 362 g/mol. The SMILES string of the molecule is Cc1ccc(NC(=O)[C@H]2C[C@@H](C(=O)O)CN(C(=O)c3cccc(O)c3)C2)cn1. The van der Waals surface area contributed by atoms with Crippen LogP contribution in [0.4, 0.5) is 5.69 Å². The van der Waals surface area contributed by atoms with Crippen molar-refractivity contribution < 1.29 is 24.6 Å². The Bertz CT molecular complexity index is 897. The molecule has 28 heavy (non-hydrogen) atoms. The number of nitrogens with one attached hydrogen (secondary N) is 1. The predicted octanol–water partition coefficient (Wildman–Crippen LogP) is 1.90. The van der Waals surface area contributed by atoms with E-state index in [4.69, 9.17) is 0 Å². The second kappa shape index (κ2) is 8.08. The average molecular weight is 383 g/mol. The van der Waals surface area contributed by atoms with Crippen LogP contribution in [-0.2, 0) is 9.59 Å². The number of likely N-dealkylation sites (tertiary alicyclic amines) is 1. The Labute approximate surface area is 161 Å². The maximum atomic E-state index is 12.8. The monoisotopic (exact) mass is 383 g/mol. The number of phenolic OH excluding ortho intramolecular Hbond substituents is 1. The Morgan fingerprint density at radius 3 is 2.54 bits per heavy atom. The molecule has 146 valence electrons. The van der Waals surface area contributed by atoms with Gasteiger partial charge in [0.25, 0.3) is 5.91 Å². The number of piperidine rings is 1. The van der Waals surface area contributed by atoms with Crippen LogP contribution in [0.15, 0.2) is 42.6 Å². The molecule has 0 saturated carbocycles. The zero-order chi connectivity index (χ0) is 20.3. The first kappa shape index (κ1) is 19.3. The van der Waals surface area contributed by atoms with Gasteiger partial charge in [-0.25, -0.2) is 0 Å². The van der Waals surface area contributed by atoms with Crippen molar-refractivity contribution in [1.29, 1.82) is 0 Å². The summed E-state index contributed by atoms with van der Waals surface area (Å²) >= 11 is 0. The van der Waals surface area contributed by atoms with Crippen molar-refractivity contribution in [1.82, 2.24) is 9.88 Å². The van der Waals surface area contributed by atoms with E-state index in [9.17, 15) is 24.6 Å². The summed E-state index contributed by atoms with van der Waals surface area (Å²) in [5.41, 5.74) is 1.57. The molecule has 8 nitrogen and oxygen atoms in total. The van der Waals surface area contributed by atoms with Gasteiger partial charge in [-0.3, -0.25) is 19.4 Å². The molecule has 0 aliphatic carbocycles. The van der Waals surface area contributed by atoms with Crippen molar-refractivity contribution in [2.45, 2.75) is 13.3 Å². The summed E-state index contributed by atoms with van der Waals surface area (Å²) in [4.78, 5) is 42.5. The summed E-state index contributed by atoms with van der Waals surface area (Å²) in [5, 5.41) is 21.8. The summed E-state index contributed by atoms with van der Waals surface area (Å²) in [6, 6.07) is 9.32. The number of carboxylic acids is 1. The fourth-order valence-electron chi connectivity index (χ4n) is 3.24. The number of aryl methyl sites for hydroxylation is 1. The molecular formula is C20H21N3O5. The zero-order valence-corrected chi connectivity index (χ0v) is 15.3. The number of carbonyl (C=O) groups is 3. The van der Waals surface area contributed by atoms with Crippen LogP contribution in [0.25, 0.3) is 0 Å². The Hall–Kier alpha value is -3.42. The first-order valence-corrected chi connectivity index (χ1v) is 8.88. The second-order valence-corrected chi connectivity index (χ2v) is 6.91. The fourth-order valence-corrected chi connectivity index (χ4v) is 3.24. The van der Waals surface area contributed by atoms with Gasteiger partial charge in [0.2, 0.25) is 5.91 Å². The van der Waals surface area contributed by atoms with Gasteiger partial charge in [-0.1, -0.05) is 6.07 Å². The number of aliphatic carboxylic acids is 1. The van der Waals surface area contributed by atoms with Crippen LogP contribution in [-0.4, -0.2) is 51.0 Å². The molecule has 0 spiro atoms. The molecule has 2 heterocycles. The number of anilines is 1. The van der Waals surface area contributed by atoms with E-state index in [1.807, 2.05) is 6.92 Å². The molecule has 2 aromatic rings. The van der Waals surface area contributed by atoms with Crippen molar-refractivity contribution in [3.8, 4) is 5.75 Å². The van der Waals surface area contributed by atoms with Crippen molar-refractivity contribution in [2.75, 3.05) is 18.4 Å². The van der Waals surface area contributed by atoms with Gasteiger partial charge in [-0.2, -0.15) is 0 Å². The van der Waals surface area contributed by atoms with Crippen molar-refractivity contribution >= 4 is 23.5 Å². The molecule has 2 amide bonds. The van der Waals surface area contributed by atoms with Crippen molar-refractivity contribution in [3.63, 3.8) is 0 Å². The van der Waals surface area contributed by atoms with E-state index in [0.717, 1.165) is 5.69 Å². The zero-order valence-electron chi connectivity index (χ0n) is 15.3. The highest BCUT2D eigenvalue weighted by Gasteiger charge is 2.37. The first-order valence-electron chi connectivity index (χ1n) is 8.88. The lowest BCUT2D eigenvalue weighted by Crippen LogP contribution is -2.49. The third kappa shape index (κ3) is 4.46. The Kier molecular flexibility index (Phi) is 5.58. The van der Waals surface area contributed by atoms with Crippen LogP contribution < -0.4 is 5.32 Å². The van der Waals surface area contributed by atoms with E-state index < -0.39 is 23.7 Å². The minimum Gasteiger partial charge on any atom is -0.508 e. The summed E-state index contributed by atoms with van der Waals surface area (Å²) in [7, 11) is 0. The quantitative estimate of drug-likeness (QED) is 0.742. The highest BCUT2D eigenvalue weighted by atomic mass is 16.4. The predicted molar refractivity (Wildman–Crippen MR) is 101 cm³/mol. The van der Waals surface area contributed by atoms with E-state index in [1.165, 1.54) is 29.3 Å². The Morgan fingerprint density at radius 1 is 1.14 bits per heavy atom. The Balaban J connectivity index is 1.77. The van der Waals surface area contributed by atoms with E-state index in [1.54, 1.807) is 18.2 Å². The summed E-state index contributed by atoms with van der Waals surface area (Å²) < 4.78 is 0. The third-order valence-corrected chi connectivity index (χ3v) is 4.73. The molecule has 3 N–H and O–H groups in total. The maximum absolute atomic E-state index is 12.8. The second-order valence-electron chi connectivity index (χ2n) is 6.91.